The van der Waals surface area contributed by atoms with Crippen molar-refractivity contribution in [3.63, 3.8) is 0 Å². The third-order valence-corrected chi connectivity index (χ3v) is 7.40. The number of H-pyrrole nitrogens is 1. The van der Waals surface area contributed by atoms with Crippen molar-refractivity contribution in [1.29, 1.82) is 0 Å². The average Bonchev–Trinajstić information content (AvgIpc) is 3.49. The maximum atomic E-state index is 12.0. The smallest absolute Gasteiger partial charge is 0.294 e. The number of nitro benzene ring substituents is 1. The number of ether oxygens (including phenoxy) is 1. The second-order valence-corrected chi connectivity index (χ2v) is 9.41. The second-order valence-electron chi connectivity index (χ2n) is 9.41. The lowest BCUT2D eigenvalue weighted by Gasteiger charge is -2.52. The van der Waals surface area contributed by atoms with Gasteiger partial charge >= 0.3 is 0 Å². The molecular formula is C25H26N8O3. The number of likely N-dealkylation sites (tertiary alicyclic amines) is 1. The van der Waals surface area contributed by atoms with Crippen molar-refractivity contribution in [3.8, 4) is 17.1 Å². The fraction of sp³-hybridized carbons (Fsp3) is 0.320. The molecule has 6 rings (SSSR count). The van der Waals surface area contributed by atoms with Gasteiger partial charge in [-0.3, -0.25) is 15.0 Å². The van der Waals surface area contributed by atoms with Gasteiger partial charge in [-0.05, 0) is 38.6 Å². The molecular weight excluding hydrogens is 460 g/mol. The molecule has 0 radical (unpaired) electrons. The van der Waals surface area contributed by atoms with Gasteiger partial charge in [-0.1, -0.05) is 12.1 Å². The van der Waals surface area contributed by atoms with Gasteiger partial charge in [0.1, 0.15) is 17.8 Å². The minimum Gasteiger partial charge on any atom is -0.494 e. The van der Waals surface area contributed by atoms with E-state index in [4.69, 9.17) is 4.74 Å². The Labute approximate surface area is 207 Å². The monoisotopic (exact) mass is 486 g/mol. The van der Waals surface area contributed by atoms with Crippen LogP contribution in [0.4, 0.5) is 23.0 Å². The lowest BCUT2D eigenvalue weighted by atomic mass is 9.86. The SMILES string of the molecule is COc1cc(N2CC3(CCCN3C)C2)c([N+](=O)[O-])cc1Nc1ncnc(-c2cccc3cc[nH]c23)n1. The number of methoxy groups -OCH3 is 1. The maximum Gasteiger partial charge on any atom is 0.294 e. The molecule has 11 heteroatoms. The van der Waals surface area contributed by atoms with E-state index in [0.29, 0.717) is 22.9 Å². The Morgan fingerprint density at radius 2 is 2.08 bits per heavy atom. The summed E-state index contributed by atoms with van der Waals surface area (Å²) in [6.07, 6.45) is 5.55. The van der Waals surface area contributed by atoms with Crippen LogP contribution in [0.3, 0.4) is 0 Å². The first-order chi connectivity index (χ1) is 17.5. The molecule has 2 N–H and O–H groups in total. The molecule has 4 aromatic rings. The van der Waals surface area contributed by atoms with Gasteiger partial charge in [0.15, 0.2) is 5.82 Å². The Kier molecular flexibility index (Phi) is 5.22. The van der Waals surface area contributed by atoms with E-state index in [1.54, 1.807) is 13.2 Å². The molecule has 0 amide bonds. The summed E-state index contributed by atoms with van der Waals surface area (Å²) in [4.78, 5) is 32.5. The molecule has 0 bridgehead atoms. The number of hydrogen-bond acceptors (Lipinski definition) is 9. The van der Waals surface area contributed by atoms with Crippen molar-refractivity contribution in [2.24, 2.45) is 0 Å². The van der Waals surface area contributed by atoms with Gasteiger partial charge in [0, 0.05) is 42.4 Å². The van der Waals surface area contributed by atoms with Crippen LogP contribution in [0.2, 0.25) is 0 Å². The molecule has 11 nitrogen and oxygen atoms in total. The first-order valence-electron chi connectivity index (χ1n) is 11.8. The minimum absolute atomic E-state index is 0.0132. The fourth-order valence-electron chi connectivity index (χ4n) is 5.41. The third kappa shape index (κ3) is 3.59. The zero-order valence-electron chi connectivity index (χ0n) is 20.1. The number of fused-ring (bicyclic) bond motifs is 1. The molecule has 2 aromatic heterocycles. The largest absolute Gasteiger partial charge is 0.494 e. The number of nitro groups is 1. The average molecular weight is 487 g/mol. The van der Waals surface area contributed by atoms with E-state index in [0.717, 1.165) is 48.9 Å². The molecule has 0 saturated carbocycles. The van der Waals surface area contributed by atoms with Crippen LogP contribution in [0, 0.1) is 10.1 Å². The number of aromatic amines is 1. The summed E-state index contributed by atoms with van der Waals surface area (Å²) in [6, 6.07) is 11.1. The topological polar surface area (TPSA) is 125 Å². The molecule has 0 atom stereocenters. The molecule has 2 aliphatic heterocycles. The van der Waals surface area contributed by atoms with Gasteiger partial charge in [0.2, 0.25) is 5.95 Å². The Hall–Kier alpha value is -4.25. The Morgan fingerprint density at radius 1 is 1.22 bits per heavy atom. The Bertz CT molecular complexity index is 1460. The highest BCUT2D eigenvalue weighted by atomic mass is 16.6. The number of hydrogen-bond donors (Lipinski definition) is 2. The van der Waals surface area contributed by atoms with Crippen LogP contribution in [0.15, 0.2) is 48.9 Å². The van der Waals surface area contributed by atoms with Crippen molar-refractivity contribution in [2.75, 3.05) is 44.0 Å². The molecule has 0 unspecified atom stereocenters. The van der Waals surface area contributed by atoms with Crippen molar-refractivity contribution in [1.82, 2.24) is 24.8 Å². The van der Waals surface area contributed by atoms with Crippen LogP contribution in [0.1, 0.15) is 12.8 Å². The molecule has 2 saturated heterocycles. The van der Waals surface area contributed by atoms with Crippen LogP contribution < -0.4 is 15.0 Å². The van der Waals surface area contributed by atoms with Crippen molar-refractivity contribution in [2.45, 2.75) is 18.4 Å². The summed E-state index contributed by atoms with van der Waals surface area (Å²) in [5.74, 6) is 1.22. The molecule has 1 spiro atoms. The summed E-state index contributed by atoms with van der Waals surface area (Å²) < 4.78 is 5.61. The predicted molar refractivity (Wildman–Crippen MR) is 137 cm³/mol. The van der Waals surface area contributed by atoms with Gasteiger partial charge in [-0.15, -0.1) is 0 Å². The van der Waals surface area contributed by atoms with Crippen LogP contribution in [-0.4, -0.2) is 69.1 Å². The van der Waals surface area contributed by atoms with E-state index in [2.05, 4.69) is 42.1 Å². The maximum absolute atomic E-state index is 12.0. The van der Waals surface area contributed by atoms with Crippen molar-refractivity contribution >= 4 is 33.9 Å². The van der Waals surface area contributed by atoms with Crippen LogP contribution in [-0.2, 0) is 0 Å². The zero-order valence-corrected chi connectivity index (χ0v) is 20.1. The molecule has 2 aliphatic rings. The van der Waals surface area contributed by atoms with Crippen molar-refractivity contribution in [3.05, 3.63) is 59.0 Å². The molecule has 36 heavy (non-hydrogen) atoms. The van der Waals surface area contributed by atoms with E-state index in [-0.39, 0.29) is 22.1 Å². The van der Waals surface area contributed by atoms with Crippen molar-refractivity contribution < 1.29 is 9.66 Å². The third-order valence-electron chi connectivity index (χ3n) is 7.40. The number of para-hydroxylation sites is 1. The van der Waals surface area contributed by atoms with Gasteiger partial charge in [0.25, 0.3) is 5.69 Å². The lowest BCUT2D eigenvalue weighted by molar-refractivity contribution is -0.384. The van der Waals surface area contributed by atoms with Crippen LogP contribution >= 0.6 is 0 Å². The van der Waals surface area contributed by atoms with Gasteiger partial charge in [-0.2, -0.15) is 4.98 Å². The van der Waals surface area contributed by atoms with E-state index in [9.17, 15) is 10.1 Å². The molecule has 4 heterocycles. The summed E-state index contributed by atoms with van der Waals surface area (Å²) in [7, 11) is 3.68. The second kappa shape index (κ2) is 8.45. The molecule has 2 fully saturated rings. The molecule has 0 aliphatic carbocycles. The van der Waals surface area contributed by atoms with Gasteiger partial charge < -0.3 is 19.9 Å². The lowest BCUT2D eigenvalue weighted by Crippen LogP contribution is -2.67. The number of benzene rings is 2. The zero-order chi connectivity index (χ0) is 24.9. The quantitative estimate of drug-likeness (QED) is 0.308. The predicted octanol–water partition coefficient (Wildman–Crippen LogP) is 3.96. The summed E-state index contributed by atoms with van der Waals surface area (Å²) in [6.45, 7) is 2.59. The van der Waals surface area contributed by atoms with Gasteiger partial charge in [0.05, 0.1) is 28.8 Å². The van der Waals surface area contributed by atoms with E-state index < -0.39 is 0 Å². The van der Waals surface area contributed by atoms with Crippen LogP contribution in [0.5, 0.6) is 5.75 Å². The first kappa shape index (κ1) is 22.2. The molecule has 2 aromatic carbocycles. The van der Waals surface area contributed by atoms with E-state index in [1.165, 1.54) is 12.4 Å². The number of rotatable bonds is 6. The highest BCUT2D eigenvalue weighted by Gasteiger charge is 2.49. The van der Waals surface area contributed by atoms with E-state index in [1.807, 2.05) is 30.5 Å². The van der Waals surface area contributed by atoms with E-state index >= 15 is 0 Å². The highest BCUT2D eigenvalue weighted by Crippen LogP contribution is 2.45. The minimum atomic E-state index is -0.353. The number of nitrogens with one attached hydrogen (secondary N) is 2. The number of likely N-dealkylation sites (N-methyl/N-ethyl adjacent to an activating group) is 1. The fourth-order valence-corrected chi connectivity index (χ4v) is 5.41. The number of nitrogens with zero attached hydrogens (tertiary/aromatic N) is 6. The Balaban J connectivity index is 1.32. The Morgan fingerprint density at radius 3 is 2.83 bits per heavy atom. The summed E-state index contributed by atoms with van der Waals surface area (Å²) in [5, 5.41) is 16.2. The number of anilines is 3. The first-order valence-corrected chi connectivity index (χ1v) is 11.8. The summed E-state index contributed by atoms with van der Waals surface area (Å²) >= 11 is 0. The standard InChI is InChI=1S/C25H26N8O3/c1-31-10-4-8-25(31)13-32(14-25)19-12-21(36-2)18(11-20(19)33(34)35)29-24-28-15-27-23(30-24)17-6-3-5-16-7-9-26-22(16)17/h3,5-7,9,11-12,15,26H,4,8,10,13-14H2,1-2H3,(H,27,28,29,30). The van der Waals surface area contributed by atoms with Crippen LogP contribution in [0.25, 0.3) is 22.3 Å². The normalized spacial score (nSPS) is 16.9. The summed E-state index contributed by atoms with van der Waals surface area (Å²) in [5.41, 5.74) is 2.85. The highest BCUT2D eigenvalue weighted by molar-refractivity contribution is 5.92. The molecule has 184 valence electrons. The number of aromatic nitrogens is 4. The van der Waals surface area contributed by atoms with Gasteiger partial charge in [-0.25, -0.2) is 9.97 Å².